The van der Waals surface area contributed by atoms with E-state index >= 15 is 0 Å². The zero-order chi connectivity index (χ0) is 24.9. The van der Waals surface area contributed by atoms with Crippen molar-refractivity contribution in [3.8, 4) is 0 Å². The normalized spacial score (nSPS) is 23.1. The fraction of sp³-hybridized carbons (Fsp3) is 0.963. The molecule has 33 heavy (non-hydrogen) atoms. The van der Waals surface area contributed by atoms with Gasteiger partial charge in [0.25, 0.3) is 5.79 Å². The van der Waals surface area contributed by atoms with Crippen LogP contribution in [0.1, 0.15) is 118 Å². The molecular weight excluding hydrogens is 420 g/mol. The smallest absolute Gasteiger partial charge is 0.366 e. The molecule has 1 aliphatic carbocycles. The van der Waals surface area contributed by atoms with E-state index in [0.29, 0.717) is 23.7 Å². The summed E-state index contributed by atoms with van der Waals surface area (Å²) in [6, 6.07) is 0. The molecule has 6 nitrogen and oxygen atoms in total. The summed E-state index contributed by atoms with van der Waals surface area (Å²) >= 11 is 0. The van der Waals surface area contributed by atoms with E-state index in [9.17, 15) is 15.0 Å². The van der Waals surface area contributed by atoms with Crippen molar-refractivity contribution in [3.05, 3.63) is 0 Å². The molecule has 1 unspecified atom stereocenters. The summed E-state index contributed by atoms with van der Waals surface area (Å²) in [6.45, 7) is 10.1. The van der Waals surface area contributed by atoms with Crippen LogP contribution in [0.3, 0.4) is 0 Å². The first kappa shape index (κ1) is 30.3. The molecule has 4 atom stereocenters. The van der Waals surface area contributed by atoms with Gasteiger partial charge in [-0.05, 0) is 69.6 Å². The van der Waals surface area contributed by atoms with Crippen molar-refractivity contribution in [3.63, 3.8) is 0 Å². The average Bonchev–Trinajstić information content (AvgIpc) is 3.09. The van der Waals surface area contributed by atoms with Crippen molar-refractivity contribution in [1.29, 1.82) is 0 Å². The molecule has 0 aromatic carbocycles. The maximum Gasteiger partial charge on any atom is 0.366 e. The lowest BCUT2D eigenvalue weighted by molar-refractivity contribution is -0.236. The van der Waals surface area contributed by atoms with Crippen LogP contribution in [0.5, 0.6) is 0 Å². The molecule has 0 saturated heterocycles. The van der Waals surface area contributed by atoms with Gasteiger partial charge in [0.15, 0.2) is 0 Å². The van der Waals surface area contributed by atoms with Crippen LogP contribution in [-0.2, 0) is 14.3 Å². The van der Waals surface area contributed by atoms with Crippen LogP contribution in [0.4, 0.5) is 0 Å². The summed E-state index contributed by atoms with van der Waals surface area (Å²) in [7, 11) is 0. The second kappa shape index (κ2) is 15.3. The number of hydrogen-bond donors (Lipinski definition) is 3. The summed E-state index contributed by atoms with van der Waals surface area (Å²) in [6.07, 6.45) is 12.6. The number of unbranched alkanes of at least 4 members (excludes halogenated alkanes) is 3. The largest absolute Gasteiger partial charge is 0.459 e. The van der Waals surface area contributed by atoms with Gasteiger partial charge in [0.2, 0.25) is 0 Å². The van der Waals surface area contributed by atoms with Crippen molar-refractivity contribution < 1.29 is 29.6 Å². The first-order chi connectivity index (χ1) is 15.5. The van der Waals surface area contributed by atoms with E-state index in [1.54, 1.807) is 13.8 Å². The Labute approximate surface area is 202 Å². The SMILES string of the molecule is CCCCC(C)(C)CCC[C@H]1CC[C@H](O)[C@@H]1CCCCCC(O)(OCCO)C(=O)OC(C)C. The lowest BCUT2D eigenvalue weighted by Gasteiger charge is -2.27. The number of aliphatic hydroxyl groups excluding tert-OH is 2. The summed E-state index contributed by atoms with van der Waals surface area (Å²) in [4.78, 5) is 12.3. The van der Waals surface area contributed by atoms with E-state index in [-0.39, 0.29) is 31.8 Å². The van der Waals surface area contributed by atoms with Crippen molar-refractivity contribution in [2.24, 2.45) is 17.3 Å². The van der Waals surface area contributed by atoms with E-state index in [0.717, 1.165) is 32.1 Å². The molecule has 0 spiro atoms. The maximum absolute atomic E-state index is 12.3. The highest BCUT2D eigenvalue weighted by Gasteiger charge is 2.39. The van der Waals surface area contributed by atoms with Crippen LogP contribution in [0.2, 0.25) is 0 Å². The summed E-state index contributed by atoms with van der Waals surface area (Å²) in [5, 5.41) is 30.2. The van der Waals surface area contributed by atoms with E-state index in [4.69, 9.17) is 14.6 Å². The van der Waals surface area contributed by atoms with Crippen LogP contribution in [-0.4, -0.2) is 52.5 Å². The third-order valence-corrected chi connectivity index (χ3v) is 7.22. The predicted octanol–water partition coefficient (Wildman–Crippen LogP) is 5.36. The molecule has 6 heteroatoms. The van der Waals surface area contributed by atoms with Gasteiger partial charge in [-0.15, -0.1) is 0 Å². The summed E-state index contributed by atoms with van der Waals surface area (Å²) in [5.41, 5.74) is 0.411. The molecular formula is C27H52O6. The number of ether oxygens (including phenoxy) is 2. The molecule has 0 bridgehead atoms. The lowest BCUT2D eigenvalue weighted by atomic mass is 9.79. The Balaban J connectivity index is 2.42. The average molecular weight is 473 g/mol. The highest BCUT2D eigenvalue weighted by Crippen LogP contribution is 2.40. The zero-order valence-electron chi connectivity index (χ0n) is 22.0. The van der Waals surface area contributed by atoms with Crippen LogP contribution in [0, 0.1) is 17.3 Å². The van der Waals surface area contributed by atoms with Gasteiger partial charge >= 0.3 is 5.97 Å². The molecule has 0 amide bonds. The number of rotatable bonds is 18. The second-order valence-corrected chi connectivity index (χ2v) is 11.1. The molecule has 1 saturated carbocycles. The molecule has 0 aromatic heterocycles. The van der Waals surface area contributed by atoms with Crippen LogP contribution in [0.25, 0.3) is 0 Å². The molecule has 1 aliphatic rings. The van der Waals surface area contributed by atoms with Gasteiger partial charge < -0.3 is 24.8 Å². The Kier molecular flexibility index (Phi) is 14.1. The monoisotopic (exact) mass is 472 g/mol. The van der Waals surface area contributed by atoms with Crippen molar-refractivity contribution in [1.82, 2.24) is 0 Å². The van der Waals surface area contributed by atoms with E-state index in [1.807, 2.05) is 0 Å². The molecule has 196 valence electrons. The standard InChI is InChI=1S/C27H52O6/c1-6-7-16-26(4,5)17-11-12-22-14-15-24(29)23(22)13-9-8-10-18-27(31,32-20-19-28)25(30)33-21(2)3/h21-24,28-29,31H,6-20H2,1-5H3/t22-,23+,24-,27?/m0/s1. The van der Waals surface area contributed by atoms with Gasteiger partial charge in [-0.2, -0.15) is 0 Å². The fourth-order valence-electron chi connectivity index (χ4n) is 5.21. The van der Waals surface area contributed by atoms with Crippen LogP contribution >= 0.6 is 0 Å². The van der Waals surface area contributed by atoms with Gasteiger partial charge in [0.1, 0.15) is 0 Å². The van der Waals surface area contributed by atoms with Crippen LogP contribution in [0.15, 0.2) is 0 Å². The van der Waals surface area contributed by atoms with Crippen molar-refractivity contribution >= 4 is 5.97 Å². The van der Waals surface area contributed by atoms with Crippen LogP contribution < -0.4 is 0 Å². The number of carbonyl (C=O) groups is 1. The quantitative estimate of drug-likeness (QED) is 0.141. The molecule has 1 fully saturated rings. The third-order valence-electron chi connectivity index (χ3n) is 7.22. The van der Waals surface area contributed by atoms with E-state index < -0.39 is 11.8 Å². The first-order valence-corrected chi connectivity index (χ1v) is 13.4. The van der Waals surface area contributed by atoms with Gasteiger partial charge in [0, 0.05) is 6.42 Å². The number of esters is 1. The first-order valence-electron chi connectivity index (χ1n) is 13.4. The molecule has 0 heterocycles. The highest BCUT2D eigenvalue weighted by atomic mass is 16.7. The van der Waals surface area contributed by atoms with Gasteiger partial charge in [-0.3, -0.25) is 0 Å². The molecule has 0 radical (unpaired) electrons. The van der Waals surface area contributed by atoms with Gasteiger partial charge in [0.05, 0.1) is 25.4 Å². The minimum absolute atomic E-state index is 0.116. The third kappa shape index (κ3) is 11.5. The number of aliphatic hydroxyl groups is 3. The molecule has 3 N–H and O–H groups in total. The second-order valence-electron chi connectivity index (χ2n) is 11.1. The molecule has 1 rings (SSSR count). The van der Waals surface area contributed by atoms with Crippen molar-refractivity contribution in [2.45, 2.75) is 136 Å². The maximum atomic E-state index is 12.3. The minimum atomic E-state index is -2.01. The Morgan fingerprint density at radius 1 is 1.00 bits per heavy atom. The highest BCUT2D eigenvalue weighted by molar-refractivity contribution is 5.77. The Morgan fingerprint density at radius 2 is 1.70 bits per heavy atom. The van der Waals surface area contributed by atoms with Gasteiger partial charge in [-0.25, -0.2) is 4.79 Å². The Hall–Kier alpha value is -0.690. The summed E-state index contributed by atoms with van der Waals surface area (Å²) in [5.74, 6) is -1.83. The molecule has 0 aromatic rings. The molecule has 0 aliphatic heterocycles. The topological polar surface area (TPSA) is 96.2 Å². The lowest BCUT2D eigenvalue weighted by Crippen LogP contribution is -2.44. The van der Waals surface area contributed by atoms with E-state index in [1.165, 1.54) is 38.5 Å². The summed E-state index contributed by atoms with van der Waals surface area (Å²) < 4.78 is 10.4. The number of carbonyl (C=O) groups excluding carboxylic acids is 1. The van der Waals surface area contributed by atoms with E-state index in [2.05, 4.69) is 20.8 Å². The fourth-order valence-corrected chi connectivity index (χ4v) is 5.21. The minimum Gasteiger partial charge on any atom is -0.459 e. The van der Waals surface area contributed by atoms with Gasteiger partial charge in [-0.1, -0.05) is 59.3 Å². The Morgan fingerprint density at radius 3 is 2.33 bits per heavy atom. The number of hydrogen-bond acceptors (Lipinski definition) is 6. The predicted molar refractivity (Wildman–Crippen MR) is 132 cm³/mol. The van der Waals surface area contributed by atoms with Crippen molar-refractivity contribution in [2.75, 3.05) is 13.2 Å². The Bertz CT molecular complexity index is 535. The zero-order valence-corrected chi connectivity index (χ0v) is 22.0.